The van der Waals surface area contributed by atoms with Gasteiger partial charge in [0.1, 0.15) is 0 Å². The second-order valence-corrected chi connectivity index (χ2v) is 7.36. The molecule has 1 aliphatic rings. The molecule has 19 heavy (non-hydrogen) atoms. The van der Waals surface area contributed by atoms with E-state index in [-0.39, 0.29) is 17.8 Å². The van der Waals surface area contributed by atoms with Crippen LogP contribution in [0.1, 0.15) is 18.9 Å². The van der Waals surface area contributed by atoms with E-state index in [9.17, 15) is 8.42 Å². The highest BCUT2D eigenvalue weighted by atomic mass is 35.5. The van der Waals surface area contributed by atoms with Crippen LogP contribution >= 0.6 is 12.4 Å². The normalized spacial score (nSPS) is 24.2. The lowest BCUT2D eigenvalue weighted by Gasteiger charge is -2.22. The molecule has 0 spiro atoms. The van der Waals surface area contributed by atoms with Gasteiger partial charge in [-0.15, -0.1) is 12.4 Å². The summed E-state index contributed by atoms with van der Waals surface area (Å²) in [5.74, 6) is 0. The first-order chi connectivity index (χ1) is 8.37. The summed E-state index contributed by atoms with van der Waals surface area (Å²) in [6.45, 7) is 5.53. The molecule has 0 saturated carbocycles. The standard InChI is InChI=1S/C13H20N2O2S.ClH/c1-11-4-3-5-12(8-11)18(16,17)15-7-6-13(2,9-14)10-15;/h3-5,8H,6-7,9-10,14H2,1-2H3;1H. The Balaban J connectivity index is 0.00000180. The van der Waals surface area contributed by atoms with E-state index >= 15 is 0 Å². The highest BCUT2D eigenvalue weighted by molar-refractivity contribution is 7.89. The summed E-state index contributed by atoms with van der Waals surface area (Å²) in [5.41, 5.74) is 6.58. The molecule has 1 fully saturated rings. The average Bonchev–Trinajstić information content (AvgIpc) is 2.73. The van der Waals surface area contributed by atoms with E-state index in [1.165, 1.54) is 0 Å². The Morgan fingerprint density at radius 1 is 1.42 bits per heavy atom. The van der Waals surface area contributed by atoms with Crippen molar-refractivity contribution in [3.05, 3.63) is 29.8 Å². The predicted octanol–water partition coefficient (Wildman–Crippen LogP) is 1.78. The third-order valence-corrected chi connectivity index (χ3v) is 5.48. The third-order valence-electron chi connectivity index (χ3n) is 3.64. The lowest BCUT2D eigenvalue weighted by Crippen LogP contribution is -2.34. The van der Waals surface area contributed by atoms with Crippen LogP contribution in [-0.2, 0) is 10.0 Å². The van der Waals surface area contributed by atoms with Gasteiger partial charge in [0.15, 0.2) is 0 Å². The zero-order valence-corrected chi connectivity index (χ0v) is 12.9. The van der Waals surface area contributed by atoms with E-state index in [4.69, 9.17) is 5.73 Å². The Morgan fingerprint density at radius 3 is 2.63 bits per heavy atom. The molecule has 1 atom stereocenters. The fraction of sp³-hybridized carbons (Fsp3) is 0.538. The summed E-state index contributed by atoms with van der Waals surface area (Å²) >= 11 is 0. The largest absolute Gasteiger partial charge is 0.330 e. The lowest BCUT2D eigenvalue weighted by atomic mass is 9.90. The van der Waals surface area contributed by atoms with Gasteiger partial charge in [0.05, 0.1) is 4.90 Å². The second-order valence-electron chi connectivity index (χ2n) is 5.42. The third kappa shape index (κ3) is 3.28. The lowest BCUT2D eigenvalue weighted by molar-refractivity contribution is 0.349. The highest BCUT2D eigenvalue weighted by Crippen LogP contribution is 2.32. The molecule has 6 heteroatoms. The van der Waals surface area contributed by atoms with Gasteiger partial charge >= 0.3 is 0 Å². The molecule has 1 aromatic rings. The average molecular weight is 305 g/mol. The number of benzene rings is 1. The maximum Gasteiger partial charge on any atom is 0.243 e. The van der Waals surface area contributed by atoms with Crippen molar-refractivity contribution in [2.24, 2.45) is 11.1 Å². The Kier molecular flexibility index (Phi) is 5.01. The van der Waals surface area contributed by atoms with E-state index in [1.807, 2.05) is 19.9 Å². The maximum atomic E-state index is 12.5. The van der Waals surface area contributed by atoms with Gasteiger partial charge in [-0.3, -0.25) is 0 Å². The minimum absolute atomic E-state index is 0. The van der Waals surface area contributed by atoms with Crippen LogP contribution in [0.25, 0.3) is 0 Å². The molecular formula is C13H21ClN2O2S. The van der Waals surface area contributed by atoms with E-state index in [0.29, 0.717) is 24.5 Å². The minimum Gasteiger partial charge on any atom is -0.330 e. The van der Waals surface area contributed by atoms with Gasteiger partial charge in [0.2, 0.25) is 10.0 Å². The summed E-state index contributed by atoms with van der Waals surface area (Å²) in [6, 6.07) is 7.04. The van der Waals surface area contributed by atoms with Gasteiger partial charge in [-0.25, -0.2) is 8.42 Å². The van der Waals surface area contributed by atoms with Gasteiger partial charge in [0, 0.05) is 13.1 Å². The summed E-state index contributed by atoms with van der Waals surface area (Å²) in [4.78, 5) is 0.378. The van der Waals surface area contributed by atoms with Crippen molar-refractivity contribution < 1.29 is 8.42 Å². The van der Waals surface area contributed by atoms with Crippen molar-refractivity contribution >= 4 is 22.4 Å². The fourth-order valence-corrected chi connectivity index (χ4v) is 3.97. The number of sulfonamides is 1. The molecule has 0 aromatic heterocycles. The minimum atomic E-state index is -3.36. The predicted molar refractivity (Wildman–Crippen MR) is 79.0 cm³/mol. The monoisotopic (exact) mass is 304 g/mol. The first-order valence-electron chi connectivity index (χ1n) is 6.14. The van der Waals surface area contributed by atoms with E-state index in [2.05, 4.69) is 0 Å². The number of nitrogens with two attached hydrogens (primary N) is 1. The number of hydrogen-bond acceptors (Lipinski definition) is 3. The van der Waals surface area contributed by atoms with Crippen LogP contribution in [-0.4, -0.2) is 32.4 Å². The number of halogens is 1. The molecular weight excluding hydrogens is 284 g/mol. The molecule has 2 rings (SSSR count). The highest BCUT2D eigenvalue weighted by Gasteiger charge is 2.38. The van der Waals surface area contributed by atoms with E-state index in [0.717, 1.165) is 12.0 Å². The number of rotatable bonds is 3. The molecule has 1 unspecified atom stereocenters. The first-order valence-corrected chi connectivity index (χ1v) is 7.58. The molecule has 1 heterocycles. The Bertz CT molecular complexity index is 547. The van der Waals surface area contributed by atoms with Crippen molar-refractivity contribution in [3.8, 4) is 0 Å². The van der Waals surface area contributed by atoms with Crippen LogP contribution in [0.3, 0.4) is 0 Å². The Hall–Kier alpha value is -0.620. The molecule has 108 valence electrons. The number of hydrogen-bond donors (Lipinski definition) is 1. The number of nitrogens with zero attached hydrogens (tertiary/aromatic N) is 1. The number of aryl methyl sites for hydroxylation is 1. The molecule has 0 bridgehead atoms. The van der Waals surface area contributed by atoms with Gasteiger partial charge < -0.3 is 5.73 Å². The smallest absolute Gasteiger partial charge is 0.243 e. The topological polar surface area (TPSA) is 63.4 Å². The maximum absolute atomic E-state index is 12.5. The Morgan fingerprint density at radius 2 is 2.11 bits per heavy atom. The van der Waals surface area contributed by atoms with Crippen molar-refractivity contribution in [3.63, 3.8) is 0 Å². The second kappa shape index (κ2) is 5.79. The van der Waals surface area contributed by atoms with Crippen molar-refractivity contribution in [1.29, 1.82) is 0 Å². The van der Waals surface area contributed by atoms with Gasteiger partial charge in [-0.2, -0.15) is 4.31 Å². The van der Waals surface area contributed by atoms with E-state index in [1.54, 1.807) is 22.5 Å². The van der Waals surface area contributed by atoms with E-state index < -0.39 is 10.0 Å². The van der Waals surface area contributed by atoms with Gasteiger partial charge in [-0.05, 0) is 43.0 Å². The van der Waals surface area contributed by atoms with Gasteiger partial charge in [0.25, 0.3) is 0 Å². The van der Waals surface area contributed by atoms with Gasteiger partial charge in [-0.1, -0.05) is 19.1 Å². The summed E-state index contributed by atoms with van der Waals surface area (Å²) in [5, 5.41) is 0. The van der Waals surface area contributed by atoms with Crippen LogP contribution in [0.5, 0.6) is 0 Å². The molecule has 1 aromatic carbocycles. The molecule has 1 saturated heterocycles. The summed E-state index contributed by atoms with van der Waals surface area (Å²) < 4.78 is 26.5. The summed E-state index contributed by atoms with van der Waals surface area (Å²) in [7, 11) is -3.36. The van der Waals surface area contributed by atoms with Crippen LogP contribution in [0.15, 0.2) is 29.2 Å². The molecule has 4 nitrogen and oxygen atoms in total. The van der Waals surface area contributed by atoms with Crippen LogP contribution in [0.4, 0.5) is 0 Å². The van der Waals surface area contributed by atoms with Crippen molar-refractivity contribution in [2.45, 2.75) is 25.2 Å². The van der Waals surface area contributed by atoms with Crippen LogP contribution in [0.2, 0.25) is 0 Å². The molecule has 2 N–H and O–H groups in total. The molecule has 0 aliphatic carbocycles. The zero-order chi connectivity index (χ0) is 13.4. The van der Waals surface area contributed by atoms with Crippen molar-refractivity contribution in [2.75, 3.05) is 19.6 Å². The van der Waals surface area contributed by atoms with Crippen LogP contribution < -0.4 is 5.73 Å². The fourth-order valence-electron chi connectivity index (χ4n) is 2.28. The zero-order valence-electron chi connectivity index (χ0n) is 11.3. The molecule has 0 amide bonds. The van der Waals surface area contributed by atoms with Crippen LogP contribution in [0, 0.1) is 12.3 Å². The SMILES string of the molecule is Cc1cccc(S(=O)(=O)N2CCC(C)(CN)C2)c1.Cl. The Labute approximate surface area is 121 Å². The quantitative estimate of drug-likeness (QED) is 0.926. The summed E-state index contributed by atoms with van der Waals surface area (Å²) in [6.07, 6.45) is 0.828. The van der Waals surface area contributed by atoms with Crippen molar-refractivity contribution in [1.82, 2.24) is 4.31 Å². The molecule has 0 radical (unpaired) electrons. The molecule has 1 aliphatic heterocycles. The first kappa shape index (κ1) is 16.4.